The van der Waals surface area contributed by atoms with E-state index < -0.39 is 6.04 Å². The van der Waals surface area contributed by atoms with Crippen LogP contribution in [-0.4, -0.2) is 24.5 Å². The fourth-order valence-electron chi connectivity index (χ4n) is 2.42. The highest BCUT2D eigenvalue weighted by atomic mass is 16.2. The van der Waals surface area contributed by atoms with E-state index in [0.29, 0.717) is 5.92 Å². The van der Waals surface area contributed by atoms with Crippen LogP contribution in [0.15, 0.2) is 18.2 Å². The Labute approximate surface area is 128 Å². The van der Waals surface area contributed by atoms with Gasteiger partial charge < -0.3 is 16.4 Å². The zero-order valence-corrected chi connectivity index (χ0v) is 13.9. The molecule has 0 aromatic heterocycles. The van der Waals surface area contributed by atoms with E-state index in [1.165, 1.54) is 5.56 Å². The van der Waals surface area contributed by atoms with Crippen LogP contribution >= 0.6 is 0 Å². The molecule has 0 aliphatic rings. The first kappa shape index (κ1) is 17.7. The maximum atomic E-state index is 12.5. The number of aryl methyl sites for hydroxylation is 1. The molecule has 0 saturated heterocycles. The average Bonchev–Trinajstić information content (AvgIpc) is 2.46. The third-order valence-electron chi connectivity index (χ3n) is 3.99. The molecule has 0 heterocycles. The van der Waals surface area contributed by atoms with Gasteiger partial charge in [0, 0.05) is 18.3 Å². The van der Waals surface area contributed by atoms with E-state index in [1.54, 1.807) is 4.90 Å². The number of nitrogens with two attached hydrogens (primary N) is 2. The molecule has 2 atom stereocenters. The fourth-order valence-corrected chi connectivity index (χ4v) is 2.42. The molecule has 0 saturated carbocycles. The SMILES string of the molecule is CCC(C)c1ccc(N(C(=O)C(N)CN)C(C)C)c(C)c1. The number of hydrogen-bond acceptors (Lipinski definition) is 3. The highest BCUT2D eigenvalue weighted by molar-refractivity contribution is 5.98. The van der Waals surface area contributed by atoms with Crippen LogP contribution in [0.25, 0.3) is 0 Å². The first-order chi connectivity index (χ1) is 9.83. The van der Waals surface area contributed by atoms with Crippen molar-refractivity contribution in [1.29, 1.82) is 0 Å². The maximum absolute atomic E-state index is 12.5. The van der Waals surface area contributed by atoms with Gasteiger partial charge in [-0.25, -0.2) is 0 Å². The number of nitrogens with zero attached hydrogens (tertiary/aromatic N) is 1. The van der Waals surface area contributed by atoms with Crippen molar-refractivity contribution in [3.8, 4) is 0 Å². The summed E-state index contributed by atoms with van der Waals surface area (Å²) in [7, 11) is 0. The van der Waals surface area contributed by atoms with E-state index in [9.17, 15) is 4.79 Å². The minimum atomic E-state index is -0.652. The molecule has 2 unspecified atom stereocenters. The summed E-state index contributed by atoms with van der Waals surface area (Å²) in [4.78, 5) is 14.2. The lowest BCUT2D eigenvalue weighted by Gasteiger charge is -2.31. The summed E-state index contributed by atoms with van der Waals surface area (Å²) in [5, 5.41) is 0. The van der Waals surface area contributed by atoms with Crippen LogP contribution in [0.1, 0.15) is 51.2 Å². The first-order valence-corrected chi connectivity index (χ1v) is 7.72. The molecular weight excluding hydrogens is 262 g/mol. The third-order valence-corrected chi connectivity index (χ3v) is 3.99. The van der Waals surface area contributed by atoms with E-state index in [1.807, 2.05) is 26.8 Å². The lowest BCUT2D eigenvalue weighted by Crippen LogP contribution is -2.50. The second-order valence-electron chi connectivity index (χ2n) is 6.00. The molecule has 4 nitrogen and oxygen atoms in total. The minimum Gasteiger partial charge on any atom is -0.328 e. The summed E-state index contributed by atoms with van der Waals surface area (Å²) < 4.78 is 0. The van der Waals surface area contributed by atoms with Gasteiger partial charge in [-0.1, -0.05) is 26.0 Å². The van der Waals surface area contributed by atoms with Crippen molar-refractivity contribution in [1.82, 2.24) is 0 Å². The number of amides is 1. The average molecular weight is 291 g/mol. The van der Waals surface area contributed by atoms with Crippen molar-refractivity contribution in [2.24, 2.45) is 11.5 Å². The van der Waals surface area contributed by atoms with E-state index in [4.69, 9.17) is 11.5 Å². The van der Waals surface area contributed by atoms with Crippen molar-refractivity contribution in [3.63, 3.8) is 0 Å². The van der Waals surface area contributed by atoms with Crippen LogP contribution in [0.5, 0.6) is 0 Å². The Balaban J connectivity index is 3.18. The molecule has 0 spiro atoms. The van der Waals surface area contributed by atoms with Gasteiger partial charge in [0.25, 0.3) is 0 Å². The monoisotopic (exact) mass is 291 g/mol. The summed E-state index contributed by atoms with van der Waals surface area (Å²) in [6.45, 7) is 10.6. The van der Waals surface area contributed by atoms with Crippen LogP contribution < -0.4 is 16.4 Å². The molecule has 0 aliphatic heterocycles. The summed E-state index contributed by atoms with van der Waals surface area (Å²) in [5.41, 5.74) is 14.7. The summed E-state index contributed by atoms with van der Waals surface area (Å²) >= 11 is 0. The van der Waals surface area contributed by atoms with Crippen molar-refractivity contribution < 1.29 is 4.79 Å². The van der Waals surface area contributed by atoms with Gasteiger partial charge in [0.2, 0.25) is 5.91 Å². The summed E-state index contributed by atoms with van der Waals surface area (Å²) in [6.07, 6.45) is 1.10. The number of hydrogen-bond donors (Lipinski definition) is 2. The lowest BCUT2D eigenvalue weighted by molar-refractivity contribution is -0.120. The Morgan fingerprint density at radius 1 is 1.29 bits per heavy atom. The predicted molar refractivity (Wildman–Crippen MR) is 89.5 cm³/mol. The van der Waals surface area contributed by atoms with Crippen LogP contribution in [-0.2, 0) is 4.79 Å². The Morgan fingerprint density at radius 2 is 1.90 bits per heavy atom. The molecule has 0 aliphatic carbocycles. The van der Waals surface area contributed by atoms with Crippen LogP contribution in [0.3, 0.4) is 0 Å². The maximum Gasteiger partial charge on any atom is 0.245 e. The fraction of sp³-hybridized carbons (Fsp3) is 0.588. The molecule has 1 aromatic rings. The molecule has 0 radical (unpaired) electrons. The number of anilines is 1. The molecule has 1 rings (SSSR count). The van der Waals surface area contributed by atoms with Gasteiger partial charge in [0.15, 0.2) is 0 Å². The minimum absolute atomic E-state index is 0.0447. The molecule has 118 valence electrons. The van der Waals surface area contributed by atoms with Gasteiger partial charge in [-0.3, -0.25) is 4.79 Å². The van der Waals surface area contributed by atoms with E-state index in [2.05, 4.69) is 26.0 Å². The Morgan fingerprint density at radius 3 is 2.33 bits per heavy atom. The third kappa shape index (κ3) is 4.05. The highest BCUT2D eigenvalue weighted by Gasteiger charge is 2.25. The van der Waals surface area contributed by atoms with Gasteiger partial charge in [-0.05, 0) is 50.3 Å². The van der Waals surface area contributed by atoms with Crippen LogP contribution in [0.2, 0.25) is 0 Å². The molecule has 4 heteroatoms. The predicted octanol–water partition coefficient (Wildman–Crippen LogP) is 2.54. The van der Waals surface area contributed by atoms with Gasteiger partial charge in [-0.15, -0.1) is 0 Å². The van der Waals surface area contributed by atoms with Crippen molar-refractivity contribution >= 4 is 11.6 Å². The van der Waals surface area contributed by atoms with Crippen molar-refractivity contribution in [3.05, 3.63) is 29.3 Å². The number of rotatable bonds is 6. The number of benzene rings is 1. The normalized spacial score (nSPS) is 14.1. The van der Waals surface area contributed by atoms with Gasteiger partial charge >= 0.3 is 0 Å². The molecule has 1 amide bonds. The highest BCUT2D eigenvalue weighted by Crippen LogP contribution is 2.28. The first-order valence-electron chi connectivity index (χ1n) is 7.72. The molecule has 0 fully saturated rings. The van der Waals surface area contributed by atoms with Gasteiger partial charge in [0.05, 0.1) is 6.04 Å². The number of carbonyl (C=O) groups excluding carboxylic acids is 1. The number of carbonyl (C=O) groups is 1. The standard InChI is InChI=1S/C17H29N3O/c1-6-12(4)14-7-8-16(13(5)9-14)20(11(2)3)17(21)15(19)10-18/h7-9,11-12,15H,6,10,18-19H2,1-5H3. The van der Waals surface area contributed by atoms with E-state index in [-0.39, 0.29) is 18.5 Å². The zero-order valence-electron chi connectivity index (χ0n) is 13.9. The van der Waals surface area contributed by atoms with E-state index >= 15 is 0 Å². The second kappa shape index (κ2) is 7.57. The summed E-state index contributed by atoms with van der Waals surface area (Å²) in [6, 6.07) is 5.69. The molecule has 1 aromatic carbocycles. The molecule has 4 N–H and O–H groups in total. The quantitative estimate of drug-likeness (QED) is 0.846. The lowest BCUT2D eigenvalue weighted by atomic mass is 9.96. The zero-order chi connectivity index (χ0) is 16.2. The van der Waals surface area contributed by atoms with Crippen LogP contribution in [0, 0.1) is 6.92 Å². The van der Waals surface area contributed by atoms with Crippen LogP contribution in [0.4, 0.5) is 5.69 Å². The Bertz CT molecular complexity index is 485. The smallest absolute Gasteiger partial charge is 0.245 e. The van der Waals surface area contributed by atoms with Crippen molar-refractivity contribution in [2.75, 3.05) is 11.4 Å². The topological polar surface area (TPSA) is 72.3 Å². The summed E-state index contributed by atoms with van der Waals surface area (Å²) in [5.74, 6) is 0.402. The molecular formula is C17H29N3O. The van der Waals surface area contributed by atoms with Crippen molar-refractivity contribution in [2.45, 2.75) is 59.0 Å². The largest absolute Gasteiger partial charge is 0.328 e. The Kier molecular flexibility index (Phi) is 6.37. The molecule has 21 heavy (non-hydrogen) atoms. The second-order valence-corrected chi connectivity index (χ2v) is 6.00. The van der Waals surface area contributed by atoms with Gasteiger partial charge in [0.1, 0.15) is 0 Å². The van der Waals surface area contributed by atoms with E-state index in [0.717, 1.165) is 17.7 Å². The molecule has 0 bridgehead atoms. The van der Waals surface area contributed by atoms with Gasteiger partial charge in [-0.2, -0.15) is 0 Å². The Hall–Kier alpha value is -1.39.